The van der Waals surface area contributed by atoms with Crippen molar-refractivity contribution < 1.29 is 4.74 Å². The first kappa shape index (κ1) is 20.3. The number of aromatic nitrogens is 6. The van der Waals surface area contributed by atoms with Crippen molar-refractivity contribution in [2.24, 2.45) is 0 Å². The summed E-state index contributed by atoms with van der Waals surface area (Å²) in [6.07, 6.45) is 6.50. The van der Waals surface area contributed by atoms with E-state index in [-0.39, 0.29) is 0 Å². The number of methoxy groups -OCH3 is 1. The lowest BCUT2D eigenvalue weighted by atomic mass is 10.2. The van der Waals surface area contributed by atoms with E-state index in [9.17, 15) is 0 Å². The molecule has 1 aliphatic rings. The number of benzene rings is 1. The summed E-state index contributed by atoms with van der Waals surface area (Å²) >= 11 is 0. The van der Waals surface area contributed by atoms with E-state index in [0.717, 1.165) is 58.3 Å². The van der Waals surface area contributed by atoms with E-state index < -0.39 is 0 Å². The van der Waals surface area contributed by atoms with Gasteiger partial charge >= 0.3 is 0 Å². The Morgan fingerprint density at radius 3 is 2.71 bits per heavy atom. The number of aryl methyl sites for hydroxylation is 1. The van der Waals surface area contributed by atoms with Gasteiger partial charge in [-0.25, -0.2) is 19.9 Å². The van der Waals surface area contributed by atoms with Crippen molar-refractivity contribution in [3.63, 3.8) is 0 Å². The van der Waals surface area contributed by atoms with E-state index in [1.54, 1.807) is 7.11 Å². The van der Waals surface area contributed by atoms with Crippen LogP contribution >= 0.6 is 0 Å². The molecular weight excluding hydrogens is 426 g/mol. The molecule has 1 aliphatic heterocycles. The molecule has 0 N–H and O–H groups in total. The molecule has 168 valence electrons. The fourth-order valence-corrected chi connectivity index (χ4v) is 4.39. The summed E-state index contributed by atoms with van der Waals surface area (Å²) in [6.45, 7) is 3.43. The molecule has 5 aromatic rings. The van der Waals surface area contributed by atoms with E-state index in [1.807, 2.05) is 62.0 Å². The number of fused-ring (bicyclic) bond motifs is 2. The first-order valence-electron chi connectivity index (χ1n) is 11.2. The van der Waals surface area contributed by atoms with Crippen LogP contribution in [0.1, 0.15) is 16.8 Å². The van der Waals surface area contributed by atoms with Crippen molar-refractivity contribution in [3.05, 3.63) is 84.1 Å². The van der Waals surface area contributed by atoms with E-state index in [2.05, 4.69) is 31.6 Å². The van der Waals surface area contributed by atoms with Gasteiger partial charge in [-0.15, -0.1) is 0 Å². The molecule has 4 aromatic heterocycles. The van der Waals surface area contributed by atoms with E-state index in [4.69, 9.17) is 19.7 Å². The van der Waals surface area contributed by atoms with Gasteiger partial charge in [0, 0.05) is 30.3 Å². The zero-order chi connectivity index (χ0) is 23.1. The van der Waals surface area contributed by atoms with Crippen LogP contribution in [-0.2, 0) is 13.0 Å². The van der Waals surface area contributed by atoms with Gasteiger partial charge < -0.3 is 14.2 Å². The SMILES string of the molecule is COc1ccc(Cn2cnc3c(N4CCc5cnccc54)nc(-c4cccc(C)n4)nc32)cc1. The number of nitrogens with zero attached hydrogens (tertiary/aromatic N) is 7. The fourth-order valence-electron chi connectivity index (χ4n) is 4.39. The zero-order valence-corrected chi connectivity index (χ0v) is 19.0. The third-order valence-electron chi connectivity index (χ3n) is 6.10. The molecule has 1 aromatic carbocycles. The first-order valence-corrected chi connectivity index (χ1v) is 11.2. The summed E-state index contributed by atoms with van der Waals surface area (Å²) in [5, 5.41) is 0. The monoisotopic (exact) mass is 449 g/mol. The number of imidazole rings is 1. The highest BCUT2D eigenvalue weighted by Crippen LogP contribution is 2.36. The lowest BCUT2D eigenvalue weighted by molar-refractivity contribution is 0.414. The molecule has 0 aliphatic carbocycles. The third kappa shape index (κ3) is 3.53. The van der Waals surface area contributed by atoms with E-state index >= 15 is 0 Å². The highest BCUT2D eigenvalue weighted by Gasteiger charge is 2.26. The lowest BCUT2D eigenvalue weighted by Gasteiger charge is -2.19. The predicted octanol–water partition coefficient (Wildman–Crippen LogP) is 4.34. The second kappa shape index (κ2) is 8.22. The molecule has 6 rings (SSSR count). The van der Waals surface area contributed by atoms with Gasteiger partial charge in [0.2, 0.25) is 0 Å². The Balaban J connectivity index is 1.50. The molecule has 0 fully saturated rings. The largest absolute Gasteiger partial charge is 0.497 e. The van der Waals surface area contributed by atoms with Gasteiger partial charge in [0.1, 0.15) is 11.4 Å². The molecule has 0 bridgehead atoms. The quantitative estimate of drug-likeness (QED) is 0.395. The minimum Gasteiger partial charge on any atom is -0.497 e. The van der Waals surface area contributed by atoms with Gasteiger partial charge in [-0.05, 0) is 54.8 Å². The average molecular weight is 450 g/mol. The Kier molecular flexibility index (Phi) is 4.91. The van der Waals surface area contributed by atoms with Crippen LogP contribution in [0.25, 0.3) is 22.7 Å². The number of rotatable bonds is 5. The predicted molar refractivity (Wildman–Crippen MR) is 130 cm³/mol. The van der Waals surface area contributed by atoms with Crippen LogP contribution in [0.2, 0.25) is 0 Å². The van der Waals surface area contributed by atoms with E-state index in [1.165, 1.54) is 5.56 Å². The molecule has 0 spiro atoms. The van der Waals surface area contributed by atoms with Crippen LogP contribution in [0.3, 0.4) is 0 Å². The molecule has 5 heterocycles. The summed E-state index contributed by atoms with van der Waals surface area (Å²) in [6, 6.07) is 16.0. The fraction of sp³-hybridized carbons (Fsp3) is 0.192. The number of hydrogen-bond acceptors (Lipinski definition) is 7. The number of pyridine rings is 2. The van der Waals surface area contributed by atoms with Crippen LogP contribution < -0.4 is 9.64 Å². The Morgan fingerprint density at radius 1 is 1.00 bits per heavy atom. The van der Waals surface area contributed by atoms with Crippen molar-refractivity contribution in [1.29, 1.82) is 0 Å². The molecule has 0 radical (unpaired) electrons. The van der Waals surface area contributed by atoms with Gasteiger partial charge in [-0.1, -0.05) is 18.2 Å². The number of anilines is 2. The Morgan fingerprint density at radius 2 is 1.88 bits per heavy atom. The van der Waals surface area contributed by atoms with Crippen molar-refractivity contribution in [1.82, 2.24) is 29.5 Å². The smallest absolute Gasteiger partial charge is 0.182 e. The maximum Gasteiger partial charge on any atom is 0.182 e. The van der Waals surface area contributed by atoms with E-state index in [0.29, 0.717) is 12.4 Å². The molecular formula is C26H23N7O. The summed E-state index contributed by atoms with van der Waals surface area (Å²) in [5.74, 6) is 2.21. The van der Waals surface area contributed by atoms with Crippen molar-refractivity contribution in [2.45, 2.75) is 19.9 Å². The van der Waals surface area contributed by atoms with Crippen LogP contribution in [0, 0.1) is 6.92 Å². The highest BCUT2D eigenvalue weighted by molar-refractivity contribution is 5.89. The van der Waals surface area contributed by atoms with Crippen LogP contribution in [0.5, 0.6) is 5.75 Å². The lowest BCUT2D eigenvalue weighted by Crippen LogP contribution is -2.16. The first-order chi connectivity index (χ1) is 16.7. The third-order valence-corrected chi connectivity index (χ3v) is 6.10. The van der Waals surface area contributed by atoms with Gasteiger partial charge in [0.05, 0.1) is 20.0 Å². The topological polar surface area (TPSA) is 81.9 Å². The van der Waals surface area contributed by atoms with Crippen molar-refractivity contribution in [2.75, 3.05) is 18.6 Å². The normalized spacial score (nSPS) is 12.8. The highest BCUT2D eigenvalue weighted by atomic mass is 16.5. The maximum atomic E-state index is 5.29. The number of hydrogen-bond donors (Lipinski definition) is 0. The molecule has 0 amide bonds. The van der Waals surface area contributed by atoms with Gasteiger partial charge in [-0.2, -0.15) is 0 Å². The number of ether oxygens (including phenoxy) is 1. The Labute approximate surface area is 196 Å². The minimum absolute atomic E-state index is 0.588. The molecule has 0 atom stereocenters. The maximum absolute atomic E-state index is 5.29. The summed E-state index contributed by atoms with van der Waals surface area (Å²) in [4.78, 5) is 25.8. The Bertz CT molecular complexity index is 1490. The molecule has 0 saturated heterocycles. The molecule has 0 saturated carbocycles. The second-order valence-electron chi connectivity index (χ2n) is 8.33. The molecule has 8 heteroatoms. The zero-order valence-electron chi connectivity index (χ0n) is 19.0. The van der Waals surface area contributed by atoms with Crippen molar-refractivity contribution >= 4 is 22.7 Å². The van der Waals surface area contributed by atoms with Crippen LogP contribution in [-0.4, -0.2) is 43.1 Å². The summed E-state index contributed by atoms with van der Waals surface area (Å²) < 4.78 is 7.35. The Hall–Kier alpha value is -4.33. The van der Waals surface area contributed by atoms with Gasteiger partial charge in [0.15, 0.2) is 22.8 Å². The average Bonchev–Trinajstić information content (AvgIpc) is 3.48. The van der Waals surface area contributed by atoms with Crippen LogP contribution in [0.4, 0.5) is 11.5 Å². The van der Waals surface area contributed by atoms with Gasteiger partial charge in [0.25, 0.3) is 0 Å². The minimum atomic E-state index is 0.588. The van der Waals surface area contributed by atoms with Crippen LogP contribution in [0.15, 0.2) is 67.3 Å². The summed E-state index contributed by atoms with van der Waals surface area (Å²) in [7, 11) is 1.67. The van der Waals surface area contributed by atoms with Crippen molar-refractivity contribution in [3.8, 4) is 17.3 Å². The molecule has 34 heavy (non-hydrogen) atoms. The summed E-state index contributed by atoms with van der Waals surface area (Å²) in [5.41, 5.74) is 6.68. The molecule has 8 nitrogen and oxygen atoms in total. The second-order valence-corrected chi connectivity index (χ2v) is 8.33. The van der Waals surface area contributed by atoms with Gasteiger partial charge in [-0.3, -0.25) is 4.98 Å². The standard InChI is InChI=1S/C26H23N7O/c1-17-4-3-5-21(29-17)24-30-25-23(26(31-24)33-13-11-19-14-27-12-10-22(19)33)28-16-32(25)15-18-6-8-20(34-2)9-7-18/h3-10,12,14,16H,11,13,15H2,1-2H3. The molecule has 0 unspecified atom stereocenters.